The van der Waals surface area contributed by atoms with E-state index in [0.717, 1.165) is 23.2 Å². The first kappa shape index (κ1) is 23.4. The molecule has 0 N–H and O–H groups in total. The minimum Gasteiger partial charge on any atom is -0.426 e. The molecule has 0 spiro atoms. The number of hydrogen-bond acceptors (Lipinski definition) is 5. The van der Waals surface area contributed by atoms with Gasteiger partial charge in [0.1, 0.15) is 5.75 Å². The molecule has 4 fully saturated rings. The number of esters is 1. The van der Waals surface area contributed by atoms with Gasteiger partial charge in [-0.15, -0.1) is 0 Å². The van der Waals surface area contributed by atoms with Crippen molar-refractivity contribution in [3.05, 3.63) is 65.2 Å². The smallest absolute Gasteiger partial charge is 0.316 e. The molecule has 2 aromatic carbocycles. The molecule has 7 nitrogen and oxygen atoms in total. The number of amides is 3. The van der Waals surface area contributed by atoms with Crippen LogP contribution in [0.1, 0.15) is 29.5 Å². The van der Waals surface area contributed by atoms with Gasteiger partial charge >= 0.3 is 5.97 Å². The third-order valence-corrected chi connectivity index (χ3v) is 9.39. The minimum absolute atomic E-state index is 0.0981. The first-order chi connectivity index (χ1) is 18.2. The number of carbonyl (C=O) groups excluding carboxylic acids is 4. The van der Waals surface area contributed by atoms with Crippen LogP contribution in [0.5, 0.6) is 5.75 Å². The molecule has 194 valence electrons. The highest BCUT2D eigenvalue weighted by molar-refractivity contribution is 6.23. The van der Waals surface area contributed by atoms with Crippen molar-refractivity contribution in [2.24, 2.45) is 41.4 Å². The Bertz CT molecular complexity index is 1420. The number of imide groups is 1. The predicted octanol–water partition coefficient (Wildman–Crippen LogP) is 4.13. The van der Waals surface area contributed by atoms with E-state index in [1.54, 1.807) is 23.1 Å². The van der Waals surface area contributed by atoms with Gasteiger partial charge in [-0.25, -0.2) is 4.90 Å². The van der Waals surface area contributed by atoms with Gasteiger partial charge < -0.3 is 9.64 Å². The zero-order chi connectivity index (χ0) is 26.5. The molecule has 7 atom stereocenters. The number of ether oxygens (including phenoxy) is 1. The minimum atomic E-state index is -0.567. The lowest BCUT2D eigenvalue weighted by Crippen LogP contribution is -2.40. The van der Waals surface area contributed by atoms with Crippen LogP contribution in [0, 0.1) is 62.2 Å². The van der Waals surface area contributed by atoms with E-state index in [4.69, 9.17) is 4.74 Å². The van der Waals surface area contributed by atoms with Gasteiger partial charge in [-0.1, -0.05) is 29.8 Å². The van der Waals surface area contributed by atoms with E-state index in [2.05, 4.69) is 12.2 Å². The fourth-order valence-corrected chi connectivity index (χ4v) is 7.54. The lowest BCUT2D eigenvalue weighted by Gasteiger charge is -2.37. The first-order valence-electron chi connectivity index (χ1n) is 13.5. The molecule has 4 aliphatic carbocycles. The van der Waals surface area contributed by atoms with Crippen LogP contribution >= 0.6 is 0 Å². The molecule has 2 bridgehead atoms. The lowest BCUT2D eigenvalue weighted by molar-refractivity contribution is -0.139. The molecular weight excluding hydrogens is 480 g/mol. The molecule has 8 rings (SSSR count). The Balaban J connectivity index is 1.06. The van der Waals surface area contributed by atoms with Crippen molar-refractivity contribution < 1.29 is 23.9 Å². The summed E-state index contributed by atoms with van der Waals surface area (Å²) in [6.07, 6.45) is 5.56. The number of anilines is 2. The average molecular weight is 511 g/mol. The van der Waals surface area contributed by atoms with Crippen LogP contribution < -0.4 is 14.5 Å². The molecular formula is C31H30N2O5. The molecule has 2 aromatic rings. The second kappa shape index (κ2) is 8.13. The maximum absolute atomic E-state index is 13.5. The van der Waals surface area contributed by atoms with Gasteiger partial charge in [0.25, 0.3) is 0 Å². The maximum Gasteiger partial charge on any atom is 0.316 e. The van der Waals surface area contributed by atoms with Crippen molar-refractivity contribution in [2.75, 3.05) is 16.3 Å². The first-order valence-corrected chi connectivity index (χ1v) is 13.5. The highest BCUT2D eigenvalue weighted by Gasteiger charge is 2.67. The molecule has 0 unspecified atom stereocenters. The van der Waals surface area contributed by atoms with Gasteiger partial charge in [0, 0.05) is 18.7 Å². The molecule has 7 heteroatoms. The second-order valence-corrected chi connectivity index (χ2v) is 11.7. The van der Waals surface area contributed by atoms with Crippen LogP contribution in [0.25, 0.3) is 0 Å². The van der Waals surface area contributed by atoms with Gasteiger partial charge in [-0.3, -0.25) is 19.2 Å². The summed E-state index contributed by atoms with van der Waals surface area (Å²) in [4.78, 5) is 55.7. The maximum atomic E-state index is 13.5. The number of aryl methyl sites for hydroxylation is 3. The summed E-state index contributed by atoms with van der Waals surface area (Å²) < 4.78 is 5.67. The summed E-state index contributed by atoms with van der Waals surface area (Å²) >= 11 is 0. The number of rotatable bonds is 4. The van der Waals surface area contributed by atoms with Gasteiger partial charge in [-0.05, 0) is 86.3 Å². The molecule has 2 heterocycles. The fourth-order valence-electron chi connectivity index (χ4n) is 7.54. The topological polar surface area (TPSA) is 84.0 Å². The van der Waals surface area contributed by atoms with E-state index in [1.807, 2.05) is 39.0 Å². The summed E-state index contributed by atoms with van der Waals surface area (Å²) in [5, 5.41) is 0. The van der Waals surface area contributed by atoms with E-state index < -0.39 is 11.9 Å². The summed E-state index contributed by atoms with van der Waals surface area (Å²) in [5.41, 5.74) is 4.17. The van der Waals surface area contributed by atoms with Crippen molar-refractivity contribution >= 4 is 35.1 Å². The zero-order valence-electron chi connectivity index (χ0n) is 21.7. The monoisotopic (exact) mass is 510 g/mol. The molecule has 0 aromatic heterocycles. The van der Waals surface area contributed by atoms with E-state index >= 15 is 0 Å². The highest BCUT2D eigenvalue weighted by atomic mass is 16.5. The van der Waals surface area contributed by atoms with Crippen molar-refractivity contribution in [3.63, 3.8) is 0 Å². The SMILES string of the molecule is Cc1ccc(N2C[C@H](C(=O)Oc3ccc(N4C(=O)[C@@H]5[C@H]6C=C[C@@H]([C@@H]7C[C@@H]67)[C@@H]5C4=O)c(C)c3)CC2=O)c(C)c1. The Morgan fingerprint density at radius 3 is 2.11 bits per heavy atom. The van der Waals surface area contributed by atoms with E-state index in [9.17, 15) is 19.2 Å². The highest BCUT2D eigenvalue weighted by Crippen LogP contribution is 2.65. The predicted molar refractivity (Wildman–Crippen MR) is 140 cm³/mol. The third-order valence-electron chi connectivity index (χ3n) is 9.39. The van der Waals surface area contributed by atoms with Crippen LogP contribution in [0.2, 0.25) is 0 Å². The van der Waals surface area contributed by atoms with Gasteiger partial charge in [-0.2, -0.15) is 0 Å². The summed E-state index contributed by atoms with van der Waals surface area (Å²) in [6, 6.07) is 10.9. The van der Waals surface area contributed by atoms with Crippen molar-refractivity contribution in [2.45, 2.75) is 33.6 Å². The Morgan fingerprint density at radius 2 is 1.47 bits per heavy atom. The normalized spacial score (nSPS) is 32.6. The third kappa shape index (κ3) is 3.33. The molecule has 0 radical (unpaired) electrons. The van der Waals surface area contributed by atoms with Crippen molar-refractivity contribution in [1.29, 1.82) is 0 Å². The molecule has 6 aliphatic rings. The molecule has 2 saturated carbocycles. The number of benzene rings is 2. The Morgan fingerprint density at radius 1 is 0.842 bits per heavy atom. The van der Waals surface area contributed by atoms with E-state index in [-0.39, 0.29) is 54.4 Å². The summed E-state index contributed by atoms with van der Waals surface area (Å²) in [5.74, 6) is -0.0333. The largest absolute Gasteiger partial charge is 0.426 e. The summed E-state index contributed by atoms with van der Waals surface area (Å²) in [7, 11) is 0. The standard InChI is InChI=1S/C31H30N2O5/c1-15-4-8-24(16(2)10-15)32-14-18(12-26(32)34)31(37)38-19-5-9-25(17(3)11-19)33-29(35)27-20-6-7-21(23-13-22(20)23)28(27)30(33)36/h4-11,18,20-23,27-28H,12-14H2,1-3H3/t18-,20+,21+,22+,23+,27-,28+/m1/s1. The van der Waals surface area contributed by atoms with Crippen LogP contribution in [0.15, 0.2) is 48.6 Å². The Hall–Kier alpha value is -3.74. The van der Waals surface area contributed by atoms with E-state index in [0.29, 0.717) is 28.8 Å². The molecule has 3 amide bonds. The number of allylic oxidation sites excluding steroid dienone is 2. The number of carbonyl (C=O) groups is 4. The quantitative estimate of drug-likeness (QED) is 0.267. The Labute approximate surface area is 221 Å². The Kier molecular flexibility index (Phi) is 5.00. The van der Waals surface area contributed by atoms with Crippen LogP contribution in [0.4, 0.5) is 11.4 Å². The van der Waals surface area contributed by atoms with Crippen molar-refractivity contribution in [1.82, 2.24) is 0 Å². The van der Waals surface area contributed by atoms with Gasteiger partial charge in [0.2, 0.25) is 17.7 Å². The van der Waals surface area contributed by atoms with Crippen LogP contribution in [0.3, 0.4) is 0 Å². The average Bonchev–Trinajstić information content (AvgIpc) is 3.56. The number of hydrogen-bond donors (Lipinski definition) is 0. The molecule has 2 aliphatic heterocycles. The lowest BCUT2D eigenvalue weighted by atomic mass is 9.63. The van der Waals surface area contributed by atoms with Gasteiger partial charge in [0.15, 0.2) is 0 Å². The van der Waals surface area contributed by atoms with Crippen molar-refractivity contribution in [3.8, 4) is 5.75 Å². The van der Waals surface area contributed by atoms with Gasteiger partial charge in [0.05, 0.1) is 23.4 Å². The fraction of sp³-hybridized carbons (Fsp3) is 0.419. The van der Waals surface area contributed by atoms with Crippen LogP contribution in [-0.4, -0.2) is 30.2 Å². The summed E-state index contributed by atoms with van der Waals surface area (Å²) in [6.45, 7) is 6.05. The van der Waals surface area contributed by atoms with Crippen LogP contribution in [-0.2, 0) is 19.2 Å². The zero-order valence-corrected chi connectivity index (χ0v) is 21.7. The molecule has 2 saturated heterocycles. The van der Waals surface area contributed by atoms with E-state index in [1.165, 1.54) is 4.90 Å². The molecule has 38 heavy (non-hydrogen) atoms. The second-order valence-electron chi connectivity index (χ2n) is 11.7. The number of nitrogens with zero attached hydrogens (tertiary/aromatic N) is 2.